The number of aromatic nitrogens is 1. The number of rotatable bonds is 6. The molecular formula is C84H53NO. The van der Waals surface area contributed by atoms with Crippen LogP contribution in [0.15, 0.2) is 326 Å². The maximum Gasteiger partial charge on any atom is 0.143 e. The van der Waals surface area contributed by atoms with Gasteiger partial charge in [0, 0.05) is 32.8 Å². The molecule has 0 bridgehead atoms. The molecule has 2 nitrogen and oxygen atoms in total. The zero-order valence-electron chi connectivity index (χ0n) is 47.0. The lowest BCUT2D eigenvalue weighted by molar-refractivity contribution is 0.670. The van der Waals surface area contributed by atoms with Crippen LogP contribution in [0, 0.1) is 0 Å². The first-order valence-corrected chi connectivity index (χ1v) is 29.6. The SMILES string of the molecule is c1cc(-c2c3ccccc3c(-c3cccc(-n4c5ccccc5c5ccccc54)c3)c3ccccc23)cc(-c2cccc3c2oc2ccccc23)c1.c1ccc2cc(-c3c4ccccc4c(-c4ccc5ccccc5c4)c4ccccc34)ccc2c1. The molecule has 86 heavy (non-hydrogen) atoms. The lowest BCUT2D eigenvalue weighted by Crippen LogP contribution is -1.95. The molecule has 0 fully saturated rings. The molecule has 0 unspecified atom stereocenters. The molecule has 0 atom stereocenters. The summed E-state index contributed by atoms with van der Waals surface area (Å²) in [7, 11) is 0. The molecule has 0 aliphatic carbocycles. The van der Waals surface area contributed by atoms with Crippen molar-refractivity contribution in [3.8, 4) is 61.3 Å². The fourth-order valence-corrected chi connectivity index (χ4v) is 14.0. The summed E-state index contributed by atoms with van der Waals surface area (Å²) in [4.78, 5) is 0. The van der Waals surface area contributed by atoms with Gasteiger partial charge in [0.2, 0.25) is 0 Å². The van der Waals surface area contributed by atoms with Crippen LogP contribution in [0.2, 0.25) is 0 Å². The Balaban J connectivity index is 0.000000147. The van der Waals surface area contributed by atoms with Crippen molar-refractivity contribution in [1.29, 1.82) is 0 Å². The maximum atomic E-state index is 6.47. The van der Waals surface area contributed by atoms with E-state index in [1.54, 1.807) is 0 Å². The van der Waals surface area contributed by atoms with E-state index in [1.165, 1.54) is 131 Å². The number of nitrogens with zero attached hydrogens (tertiary/aromatic N) is 1. The quantitative estimate of drug-likeness (QED) is 0.152. The van der Waals surface area contributed by atoms with Gasteiger partial charge in [-0.3, -0.25) is 0 Å². The van der Waals surface area contributed by atoms with Crippen molar-refractivity contribution in [2.75, 3.05) is 0 Å². The second-order valence-electron chi connectivity index (χ2n) is 22.6. The van der Waals surface area contributed by atoms with E-state index in [1.807, 2.05) is 12.1 Å². The zero-order chi connectivity index (χ0) is 56.7. The Morgan fingerprint density at radius 1 is 0.209 bits per heavy atom. The van der Waals surface area contributed by atoms with Gasteiger partial charge < -0.3 is 8.98 Å². The van der Waals surface area contributed by atoms with Crippen LogP contribution < -0.4 is 0 Å². The molecular weight excluding hydrogens is 1040 g/mol. The minimum absolute atomic E-state index is 0.913. The Hall–Kier alpha value is -11.3. The van der Waals surface area contributed by atoms with Gasteiger partial charge in [0.15, 0.2) is 0 Å². The fraction of sp³-hybridized carbons (Fsp3) is 0. The molecule has 2 heteroatoms. The lowest BCUT2D eigenvalue weighted by Gasteiger charge is -2.19. The van der Waals surface area contributed by atoms with Crippen LogP contribution in [-0.2, 0) is 0 Å². The minimum Gasteiger partial charge on any atom is -0.455 e. The average Bonchev–Trinajstić information content (AvgIpc) is 1.51. The molecule has 18 aromatic rings. The largest absolute Gasteiger partial charge is 0.455 e. The van der Waals surface area contributed by atoms with Gasteiger partial charge in [-0.2, -0.15) is 0 Å². The number of para-hydroxylation sites is 4. The normalized spacial score (nSPS) is 11.7. The summed E-state index contributed by atoms with van der Waals surface area (Å²) in [5.41, 5.74) is 17.7. The molecule has 0 radical (unpaired) electrons. The first-order valence-electron chi connectivity index (χ1n) is 29.6. The summed E-state index contributed by atoms with van der Waals surface area (Å²) in [6, 6.07) is 117. The molecule has 0 spiro atoms. The van der Waals surface area contributed by atoms with Gasteiger partial charge in [-0.05, 0) is 163 Å². The van der Waals surface area contributed by atoms with Crippen LogP contribution in [0.5, 0.6) is 0 Å². The third-order valence-corrected chi connectivity index (χ3v) is 17.8. The first kappa shape index (κ1) is 49.3. The van der Waals surface area contributed by atoms with E-state index >= 15 is 0 Å². The van der Waals surface area contributed by atoms with E-state index in [0.717, 1.165) is 38.8 Å². The summed E-state index contributed by atoms with van der Waals surface area (Å²) >= 11 is 0. The van der Waals surface area contributed by atoms with Gasteiger partial charge in [-0.25, -0.2) is 0 Å². The molecule has 400 valence electrons. The van der Waals surface area contributed by atoms with Crippen molar-refractivity contribution >= 4 is 108 Å². The third-order valence-electron chi connectivity index (χ3n) is 17.8. The van der Waals surface area contributed by atoms with Crippen LogP contribution in [0.4, 0.5) is 0 Å². The third kappa shape index (κ3) is 8.03. The predicted octanol–water partition coefficient (Wildman–Crippen LogP) is 23.6. The molecule has 0 aliphatic heterocycles. The fourth-order valence-electron chi connectivity index (χ4n) is 14.0. The van der Waals surface area contributed by atoms with Crippen molar-refractivity contribution in [2.45, 2.75) is 0 Å². The van der Waals surface area contributed by atoms with Crippen molar-refractivity contribution in [1.82, 2.24) is 4.57 Å². The molecule has 2 aromatic heterocycles. The average molecular weight is 1090 g/mol. The Labute approximate surface area is 497 Å². The van der Waals surface area contributed by atoms with Gasteiger partial charge >= 0.3 is 0 Å². The highest BCUT2D eigenvalue weighted by Gasteiger charge is 2.21. The Morgan fingerprint density at radius 2 is 0.558 bits per heavy atom. The topological polar surface area (TPSA) is 18.1 Å². The summed E-state index contributed by atoms with van der Waals surface area (Å²) < 4.78 is 8.87. The molecule has 0 N–H and O–H groups in total. The molecule has 18 rings (SSSR count). The zero-order valence-corrected chi connectivity index (χ0v) is 47.0. The van der Waals surface area contributed by atoms with Crippen LogP contribution >= 0.6 is 0 Å². The van der Waals surface area contributed by atoms with Gasteiger partial charge in [-0.15, -0.1) is 0 Å². The smallest absolute Gasteiger partial charge is 0.143 e. The van der Waals surface area contributed by atoms with Crippen molar-refractivity contribution in [3.63, 3.8) is 0 Å². The van der Waals surface area contributed by atoms with Gasteiger partial charge in [0.1, 0.15) is 11.2 Å². The Morgan fingerprint density at radius 3 is 1.05 bits per heavy atom. The molecule has 0 amide bonds. The van der Waals surface area contributed by atoms with Crippen LogP contribution in [-0.4, -0.2) is 4.57 Å². The van der Waals surface area contributed by atoms with Crippen LogP contribution in [0.25, 0.3) is 170 Å². The number of furan rings is 1. The van der Waals surface area contributed by atoms with Gasteiger partial charge in [0.05, 0.1) is 11.0 Å². The number of benzene rings is 16. The van der Waals surface area contributed by atoms with Crippen molar-refractivity contribution < 1.29 is 4.42 Å². The molecule has 0 aliphatic rings. The lowest BCUT2D eigenvalue weighted by atomic mass is 9.85. The monoisotopic (exact) mass is 1090 g/mol. The number of hydrogen-bond acceptors (Lipinski definition) is 1. The van der Waals surface area contributed by atoms with E-state index in [4.69, 9.17) is 4.42 Å². The second kappa shape index (κ2) is 20.2. The highest BCUT2D eigenvalue weighted by atomic mass is 16.3. The van der Waals surface area contributed by atoms with Crippen LogP contribution in [0.1, 0.15) is 0 Å². The van der Waals surface area contributed by atoms with E-state index < -0.39 is 0 Å². The Bertz CT molecular complexity index is 5430. The van der Waals surface area contributed by atoms with E-state index in [0.29, 0.717) is 0 Å². The second-order valence-corrected chi connectivity index (χ2v) is 22.6. The van der Waals surface area contributed by atoms with Gasteiger partial charge in [0.25, 0.3) is 0 Å². The minimum atomic E-state index is 0.913. The molecule has 0 saturated heterocycles. The van der Waals surface area contributed by atoms with E-state index in [-0.39, 0.29) is 0 Å². The highest BCUT2D eigenvalue weighted by Crippen LogP contribution is 2.48. The highest BCUT2D eigenvalue weighted by molar-refractivity contribution is 6.24. The molecule has 16 aromatic carbocycles. The standard InChI is InChI=1S/C50H31NO.C34H22/c1-3-23-42-40(21-1)48(33-15-11-14-32(30-33)36-25-13-26-44-39-20-7-10-29-47(39)52-50(36)44)41-22-2-4-24-43(41)49(42)34-16-12-17-35(31-34)51-45-27-8-5-18-37(45)38-19-6-9-28-46(38)51;1-3-11-25-21-27(19-17-23(25)9-1)33-29-13-5-7-15-31(29)34(32-16-8-6-14-30(32)33)28-20-18-24-10-2-4-12-26(24)22-28/h1-31H;1-22H. The molecule has 0 saturated carbocycles. The van der Waals surface area contributed by atoms with E-state index in [2.05, 4.69) is 314 Å². The van der Waals surface area contributed by atoms with Gasteiger partial charge in [-0.1, -0.05) is 273 Å². The van der Waals surface area contributed by atoms with Crippen molar-refractivity contribution in [3.05, 3.63) is 322 Å². The predicted molar refractivity (Wildman–Crippen MR) is 367 cm³/mol. The van der Waals surface area contributed by atoms with Crippen LogP contribution in [0.3, 0.4) is 0 Å². The summed E-state index contributed by atoms with van der Waals surface area (Å²) in [6.45, 7) is 0. The Kier molecular flexibility index (Phi) is 11.6. The first-order chi connectivity index (χ1) is 42.7. The number of fused-ring (bicyclic) bond motifs is 12. The molecule has 2 heterocycles. The summed E-state index contributed by atoms with van der Waals surface area (Å²) in [5.74, 6) is 0. The number of hydrogen-bond donors (Lipinski definition) is 0. The summed E-state index contributed by atoms with van der Waals surface area (Å²) in [6.07, 6.45) is 0. The summed E-state index contributed by atoms with van der Waals surface area (Å²) in [5, 5.41) is 20.0. The maximum absolute atomic E-state index is 6.47. The van der Waals surface area contributed by atoms with Crippen molar-refractivity contribution in [2.24, 2.45) is 0 Å². The van der Waals surface area contributed by atoms with E-state index in [9.17, 15) is 0 Å².